The molecule has 0 atom stereocenters. The van der Waals surface area contributed by atoms with Crippen molar-refractivity contribution in [3.8, 4) is 11.4 Å². The zero-order valence-corrected chi connectivity index (χ0v) is 12.3. The molecular weight excluding hydrogens is 293 g/mol. The Labute approximate surface area is 126 Å². The third kappa shape index (κ3) is 2.23. The Balaban J connectivity index is 2.26. The smallest absolute Gasteiger partial charge is 0.164 e. The number of fused-ring (bicyclic) bond motifs is 1. The van der Waals surface area contributed by atoms with Gasteiger partial charge in [0.1, 0.15) is 10.3 Å². The van der Waals surface area contributed by atoms with Gasteiger partial charge in [0.15, 0.2) is 5.82 Å². The first-order valence-corrected chi connectivity index (χ1v) is 7.02. The molecule has 0 fully saturated rings. The molecule has 0 aliphatic heterocycles. The highest BCUT2D eigenvalue weighted by molar-refractivity contribution is 6.34. The summed E-state index contributed by atoms with van der Waals surface area (Å²) < 4.78 is 0. The van der Waals surface area contributed by atoms with E-state index in [9.17, 15) is 0 Å². The van der Waals surface area contributed by atoms with E-state index in [1.54, 1.807) is 6.20 Å². The van der Waals surface area contributed by atoms with Gasteiger partial charge < -0.3 is 0 Å². The lowest BCUT2D eigenvalue weighted by Gasteiger charge is -2.08. The van der Waals surface area contributed by atoms with Gasteiger partial charge in [-0.25, -0.2) is 9.97 Å². The molecule has 0 spiro atoms. The second kappa shape index (κ2) is 5.35. The van der Waals surface area contributed by atoms with Crippen molar-refractivity contribution in [1.82, 2.24) is 15.0 Å². The summed E-state index contributed by atoms with van der Waals surface area (Å²) in [6.07, 6.45) is 2.45. The first-order chi connectivity index (χ1) is 9.70. The predicted molar refractivity (Wildman–Crippen MR) is 82.2 cm³/mol. The molecule has 3 nitrogen and oxygen atoms in total. The summed E-state index contributed by atoms with van der Waals surface area (Å²) in [4.78, 5) is 13.1. The summed E-state index contributed by atoms with van der Waals surface area (Å²) in [5.74, 6) is 0.501. The molecule has 0 bridgehead atoms. The molecule has 0 radical (unpaired) electrons. The zero-order valence-electron chi connectivity index (χ0n) is 10.8. The van der Waals surface area contributed by atoms with Gasteiger partial charge in [-0.1, -0.05) is 48.3 Å². The average Bonchev–Trinajstić information content (AvgIpc) is 2.46. The van der Waals surface area contributed by atoms with Crippen LogP contribution in [0.5, 0.6) is 0 Å². The summed E-state index contributed by atoms with van der Waals surface area (Å²) >= 11 is 12.4. The fraction of sp³-hybridized carbons (Fsp3) is 0.133. The first-order valence-electron chi connectivity index (χ1n) is 6.26. The van der Waals surface area contributed by atoms with Crippen LogP contribution in [0.1, 0.15) is 12.5 Å². The van der Waals surface area contributed by atoms with E-state index in [0.29, 0.717) is 22.6 Å². The van der Waals surface area contributed by atoms with Crippen molar-refractivity contribution in [2.75, 3.05) is 0 Å². The Morgan fingerprint density at radius 2 is 1.70 bits per heavy atom. The van der Waals surface area contributed by atoms with Gasteiger partial charge in [-0.15, -0.1) is 0 Å². The minimum Gasteiger partial charge on any atom is -0.255 e. The number of para-hydroxylation sites is 1. The molecule has 0 aliphatic rings. The van der Waals surface area contributed by atoms with Crippen molar-refractivity contribution in [3.05, 3.63) is 52.4 Å². The zero-order chi connectivity index (χ0) is 14.1. The highest BCUT2D eigenvalue weighted by Gasteiger charge is 2.13. The quantitative estimate of drug-likeness (QED) is 0.651. The minimum atomic E-state index is 0.399. The molecular formula is C15H11Cl2N3. The highest BCUT2D eigenvalue weighted by atomic mass is 35.5. The van der Waals surface area contributed by atoms with Crippen molar-refractivity contribution in [1.29, 1.82) is 0 Å². The van der Waals surface area contributed by atoms with Gasteiger partial charge in [0.2, 0.25) is 0 Å². The van der Waals surface area contributed by atoms with Crippen molar-refractivity contribution < 1.29 is 0 Å². The van der Waals surface area contributed by atoms with Gasteiger partial charge in [-0.05, 0) is 18.6 Å². The van der Waals surface area contributed by atoms with Crippen LogP contribution in [0, 0.1) is 0 Å². The Hall–Kier alpha value is -1.71. The fourth-order valence-electron chi connectivity index (χ4n) is 2.13. The molecule has 100 valence electrons. The van der Waals surface area contributed by atoms with Gasteiger partial charge in [-0.2, -0.15) is 0 Å². The molecule has 0 saturated carbocycles. The third-order valence-corrected chi connectivity index (χ3v) is 3.76. The number of nitrogens with zero attached hydrogens (tertiary/aromatic N) is 3. The molecule has 3 rings (SSSR count). The number of hydrogen-bond donors (Lipinski definition) is 0. The van der Waals surface area contributed by atoms with Crippen LogP contribution in [0.15, 0.2) is 36.5 Å². The monoisotopic (exact) mass is 303 g/mol. The van der Waals surface area contributed by atoms with Gasteiger partial charge in [0.25, 0.3) is 0 Å². The molecule has 2 aromatic heterocycles. The number of hydrogen-bond acceptors (Lipinski definition) is 3. The van der Waals surface area contributed by atoms with E-state index in [4.69, 9.17) is 23.2 Å². The summed E-state index contributed by atoms with van der Waals surface area (Å²) in [6, 6.07) is 9.75. The van der Waals surface area contributed by atoms with E-state index in [0.717, 1.165) is 22.0 Å². The molecule has 0 amide bonds. The lowest BCUT2D eigenvalue weighted by Crippen LogP contribution is -1.97. The largest absolute Gasteiger partial charge is 0.255 e. The molecule has 0 saturated heterocycles. The number of benzene rings is 1. The molecule has 5 heteroatoms. The second-order valence-corrected chi connectivity index (χ2v) is 5.06. The van der Waals surface area contributed by atoms with Crippen LogP contribution in [0.3, 0.4) is 0 Å². The maximum absolute atomic E-state index is 6.18. The molecule has 0 aliphatic carbocycles. The van der Waals surface area contributed by atoms with E-state index >= 15 is 0 Å². The van der Waals surface area contributed by atoms with Crippen LogP contribution in [0.4, 0.5) is 0 Å². The maximum atomic E-state index is 6.18. The molecule has 2 heterocycles. The summed E-state index contributed by atoms with van der Waals surface area (Å²) in [6.45, 7) is 1.97. The standard InChI is InChI=1S/C15H11Cl2N3/c1-2-10-13(16)19-15(20-14(10)17)11-7-3-5-9-6-4-8-18-12(9)11/h3-8H,2H2,1H3. The third-order valence-electron chi connectivity index (χ3n) is 3.13. The van der Waals surface area contributed by atoms with E-state index in [-0.39, 0.29) is 0 Å². The van der Waals surface area contributed by atoms with Crippen LogP contribution in [-0.2, 0) is 6.42 Å². The van der Waals surface area contributed by atoms with E-state index in [1.807, 2.05) is 37.3 Å². The topological polar surface area (TPSA) is 38.7 Å². The lowest BCUT2D eigenvalue weighted by molar-refractivity contribution is 1.05. The summed E-state index contributed by atoms with van der Waals surface area (Å²) in [5, 5.41) is 1.83. The maximum Gasteiger partial charge on any atom is 0.164 e. The first kappa shape index (κ1) is 13.3. The van der Waals surface area contributed by atoms with E-state index < -0.39 is 0 Å². The van der Waals surface area contributed by atoms with Crippen molar-refractivity contribution in [3.63, 3.8) is 0 Å². The average molecular weight is 304 g/mol. The normalized spacial score (nSPS) is 10.9. The lowest BCUT2D eigenvalue weighted by atomic mass is 10.1. The van der Waals surface area contributed by atoms with Crippen molar-refractivity contribution in [2.45, 2.75) is 13.3 Å². The highest BCUT2D eigenvalue weighted by Crippen LogP contribution is 2.29. The Bertz CT molecular complexity index is 759. The second-order valence-electron chi connectivity index (χ2n) is 4.34. The van der Waals surface area contributed by atoms with E-state index in [1.165, 1.54) is 0 Å². The van der Waals surface area contributed by atoms with E-state index in [2.05, 4.69) is 15.0 Å². The SMILES string of the molecule is CCc1c(Cl)nc(-c2cccc3cccnc23)nc1Cl. The summed E-state index contributed by atoms with van der Waals surface area (Å²) in [7, 11) is 0. The van der Waals surface area contributed by atoms with Crippen LogP contribution in [0.25, 0.3) is 22.3 Å². The molecule has 20 heavy (non-hydrogen) atoms. The van der Waals surface area contributed by atoms with Gasteiger partial charge in [-0.3, -0.25) is 4.98 Å². The Kier molecular flexibility index (Phi) is 3.55. The van der Waals surface area contributed by atoms with Crippen LogP contribution in [-0.4, -0.2) is 15.0 Å². The summed E-state index contributed by atoms with van der Waals surface area (Å²) in [5.41, 5.74) is 2.44. The van der Waals surface area contributed by atoms with Crippen molar-refractivity contribution in [2.24, 2.45) is 0 Å². The molecule has 3 aromatic rings. The van der Waals surface area contributed by atoms with Crippen LogP contribution >= 0.6 is 23.2 Å². The predicted octanol–water partition coefficient (Wildman–Crippen LogP) is 4.56. The molecule has 1 aromatic carbocycles. The van der Waals surface area contributed by atoms with Gasteiger partial charge in [0.05, 0.1) is 5.52 Å². The van der Waals surface area contributed by atoms with Gasteiger partial charge >= 0.3 is 0 Å². The van der Waals surface area contributed by atoms with Crippen molar-refractivity contribution >= 4 is 34.1 Å². The molecule has 0 unspecified atom stereocenters. The van der Waals surface area contributed by atoms with Gasteiger partial charge in [0, 0.05) is 22.7 Å². The Morgan fingerprint density at radius 3 is 2.40 bits per heavy atom. The Morgan fingerprint density at radius 1 is 1.00 bits per heavy atom. The number of rotatable bonds is 2. The van der Waals surface area contributed by atoms with Crippen LogP contribution in [0.2, 0.25) is 10.3 Å². The fourth-order valence-corrected chi connectivity index (χ4v) is 2.78. The number of aromatic nitrogens is 3. The number of halogens is 2. The van der Waals surface area contributed by atoms with Crippen LogP contribution < -0.4 is 0 Å². The molecule has 0 N–H and O–H groups in total. The number of pyridine rings is 1. The minimum absolute atomic E-state index is 0.399.